The third-order valence-corrected chi connectivity index (χ3v) is 3.25. The average Bonchev–Trinajstić information content (AvgIpc) is 3.05. The van der Waals surface area contributed by atoms with Gasteiger partial charge in [0.15, 0.2) is 5.96 Å². The summed E-state index contributed by atoms with van der Waals surface area (Å²) in [5.74, 6) is 0.290. The Bertz CT molecular complexity index is 849. The molecule has 1 unspecified atom stereocenters. The zero-order chi connectivity index (χ0) is 17.7. The smallest absolute Gasteiger partial charge is 0.350 e. The van der Waals surface area contributed by atoms with E-state index < -0.39 is 0 Å². The number of nitrogens with zero attached hydrogens (tertiary/aromatic N) is 2. The summed E-state index contributed by atoms with van der Waals surface area (Å²) in [5.41, 5.74) is 29.4. The molecular formula is C13H23N11+2. The van der Waals surface area contributed by atoms with Crippen molar-refractivity contribution in [3.05, 3.63) is 28.4 Å². The maximum absolute atomic E-state index is 5.72. The van der Waals surface area contributed by atoms with Gasteiger partial charge in [0.2, 0.25) is 0 Å². The molecule has 2 heterocycles. The molecule has 0 saturated carbocycles. The highest BCUT2D eigenvalue weighted by atomic mass is 15.0. The van der Waals surface area contributed by atoms with Crippen LogP contribution in [0, 0.1) is 0 Å². The van der Waals surface area contributed by atoms with Crippen LogP contribution >= 0.6 is 0 Å². The van der Waals surface area contributed by atoms with E-state index >= 15 is 0 Å². The van der Waals surface area contributed by atoms with Crippen LogP contribution < -0.4 is 49.5 Å². The van der Waals surface area contributed by atoms with Crippen LogP contribution in [0.2, 0.25) is 0 Å². The van der Waals surface area contributed by atoms with Gasteiger partial charge in [0.25, 0.3) is 0 Å². The average molecular weight is 333 g/mol. The van der Waals surface area contributed by atoms with Crippen LogP contribution in [0.4, 0.5) is 5.95 Å². The molecule has 0 saturated heterocycles. The molecule has 0 aliphatic rings. The molecule has 0 aromatic carbocycles. The van der Waals surface area contributed by atoms with Crippen LogP contribution in [0.15, 0.2) is 11.2 Å². The Morgan fingerprint density at radius 1 is 1.38 bits per heavy atom. The van der Waals surface area contributed by atoms with E-state index in [2.05, 4.69) is 36.5 Å². The molecule has 0 aliphatic heterocycles. The number of aliphatic imine (C=N–C) groups is 1. The summed E-state index contributed by atoms with van der Waals surface area (Å²) in [5, 5.41) is 0.762. The molecular weight excluding hydrogens is 310 g/mol. The summed E-state index contributed by atoms with van der Waals surface area (Å²) < 4.78 is 0. The number of hydrogen-bond acceptors (Lipinski definition) is 3. The van der Waals surface area contributed by atoms with Crippen molar-refractivity contribution < 1.29 is 9.98 Å². The second kappa shape index (κ2) is 7.17. The number of guanidine groups is 2. The zero-order valence-corrected chi connectivity index (χ0v) is 13.1. The third kappa shape index (κ3) is 4.25. The van der Waals surface area contributed by atoms with E-state index in [1.807, 2.05) is 6.08 Å². The molecule has 0 fully saturated rings. The van der Waals surface area contributed by atoms with Crippen molar-refractivity contribution in [1.82, 2.24) is 15.0 Å². The van der Waals surface area contributed by atoms with Gasteiger partial charge in [-0.1, -0.05) is 6.58 Å². The van der Waals surface area contributed by atoms with Gasteiger partial charge in [-0.3, -0.25) is 27.2 Å². The number of nitrogens with one attached hydrogen (secondary N) is 4. The molecule has 11 heteroatoms. The van der Waals surface area contributed by atoms with Crippen LogP contribution in [0.3, 0.4) is 0 Å². The SMILES string of the molecule is C=c1nc(C(CN=C(N)N)c2c[nH+]c(N)[nH]2)/c(=C/C[NH+]=C(N)N)[nH]1. The lowest BCUT2D eigenvalue weighted by molar-refractivity contribution is -0.442. The van der Waals surface area contributed by atoms with Crippen molar-refractivity contribution in [2.45, 2.75) is 5.92 Å². The maximum Gasteiger partial charge on any atom is 0.350 e. The van der Waals surface area contributed by atoms with Gasteiger partial charge in [-0.05, 0) is 6.08 Å². The second-order valence-electron chi connectivity index (χ2n) is 5.12. The first-order valence-electron chi connectivity index (χ1n) is 7.15. The van der Waals surface area contributed by atoms with Gasteiger partial charge >= 0.3 is 11.9 Å². The molecule has 0 amide bonds. The fourth-order valence-corrected chi connectivity index (χ4v) is 2.24. The van der Waals surface area contributed by atoms with Gasteiger partial charge in [0.05, 0.1) is 36.2 Å². The molecule has 0 radical (unpaired) electrons. The van der Waals surface area contributed by atoms with E-state index in [9.17, 15) is 0 Å². The molecule has 14 N–H and O–H groups in total. The maximum atomic E-state index is 5.72. The van der Waals surface area contributed by atoms with E-state index in [-0.39, 0.29) is 17.8 Å². The van der Waals surface area contributed by atoms with Gasteiger partial charge < -0.3 is 16.5 Å². The molecule has 1 atom stereocenters. The molecule has 11 nitrogen and oxygen atoms in total. The van der Waals surface area contributed by atoms with E-state index in [1.54, 1.807) is 6.20 Å². The molecule has 24 heavy (non-hydrogen) atoms. The van der Waals surface area contributed by atoms with E-state index in [0.29, 0.717) is 24.5 Å². The van der Waals surface area contributed by atoms with Crippen molar-refractivity contribution in [1.29, 1.82) is 0 Å². The fraction of sp³-hybridized carbons (Fsp3) is 0.231. The molecule has 0 bridgehead atoms. The van der Waals surface area contributed by atoms with Gasteiger partial charge in [0, 0.05) is 0 Å². The predicted octanol–water partition coefficient (Wildman–Crippen LogP) is -5.92. The van der Waals surface area contributed by atoms with Crippen LogP contribution in [0.1, 0.15) is 17.3 Å². The van der Waals surface area contributed by atoms with Gasteiger partial charge in [-0.25, -0.2) is 15.0 Å². The summed E-state index contributed by atoms with van der Waals surface area (Å²) in [6.07, 6.45) is 3.60. The molecule has 0 spiro atoms. The van der Waals surface area contributed by atoms with Crippen molar-refractivity contribution >= 4 is 30.5 Å². The topological polar surface area (TPSA) is 215 Å². The molecule has 0 aliphatic carbocycles. The number of rotatable bonds is 6. The minimum absolute atomic E-state index is 0.00779. The number of aromatic amines is 3. The Hall–Kier alpha value is -3.50. The van der Waals surface area contributed by atoms with E-state index in [1.165, 1.54) is 0 Å². The Morgan fingerprint density at radius 3 is 2.71 bits per heavy atom. The van der Waals surface area contributed by atoms with Crippen molar-refractivity contribution in [3.63, 3.8) is 0 Å². The minimum Gasteiger partial charge on any atom is -0.370 e. The highest BCUT2D eigenvalue weighted by Crippen LogP contribution is 2.18. The minimum atomic E-state index is -0.252. The summed E-state index contributed by atoms with van der Waals surface area (Å²) in [6.45, 7) is 4.55. The largest absolute Gasteiger partial charge is 0.370 e. The molecule has 2 aromatic rings. The molecule has 2 aromatic heterocycles. The first-order valence-corrected chi connectivity index (χ1v) is 7.15. The zero-order valence-electron chi connectivity index (χ0n) is 13.1. The monoisotopic (exact) mass is 333 g/mol. The molecule has 2 rings (SSSR count). The summed E-state index contributed by atoms with van der Waals surface area (Å²) in [7, 11) is 0. The third-order valence-electron chi connectivity index (χ3n) is 3.25. The van der Waals surface area contributed by atoms with Crippen LogP contribution in [0.25, 0.3) is 12.7 Å². The highest BCUT2D eigenvalue weighted by Gasteiger charge is 2.22. The van der Waals surface area contributed by atoms with E-state index in [4.69, 9.17) is 28.7 Å². The number of hydrogen-bond donors (Lipinski definition) is 8. The number of anilines is 1. The normalized spacial score (nSPS) is 12.8. The van der Waals surface area contributed by atoms with Crippen LogP contribution in [0.5, 0.6) is 0 Å². The predicted molar refractivity (Wildman–Crippen MR) is 91.3 cm³/mol. The first kappa shape index (κ1) is 16.9. The van der Waals surface area contributed by atoms with Crippen molar-refractivity contribution in [2.75, 3.05) is 18.8 Å². The summed E-state index contributed by atoms with van der Waals surface area (Å²) in [4.78, 5) is 20.4. The number of aromatic nitrogens is 4. The Balaban J connectivity index is 2.48. The van der Waals surface area contributed by atoms with E-state index in [0.717, 1.165) is 16.7 Å². The second-order valence-corrected chi connectivity index (χ2v) is 5.12. The Morgan fingerprint density at radius 2 is 2.12 bits per heavy atom. The van der Waals surface area contributed by atoms with Gasteiger partial charge in [-0.15, -0.1) is 0 Å². The summed E-state index contributed by atoms with van der Waals surface area (Å²) >= 11 is 0. The Labute approximate surface area is 137 Å². The van der Waals surface area contributed by atoms with Gasteiger partial charge in [0.1, 0.15) is 11.2 Å². The summed E-state index contributed by atoms with van der Waals surface area (Å²) in [6, 6.07) is 0. The lowest BCUT2D eigenvalue weighted by Gasteiger charge is -2.08. The fourth-order valence-electron chi connectivity index (χ4n) is 2.24. The number of nitrogens with two attached hydrogens (primary N) is 5. The van der Waals surface area contributed by atoms with Crippen LogP contribution in [-0.2, 0) is 0 Å². The quantitative estimate of drug-likeness (QED) is 0.190. The number of H-pyrrole nitrogens is 3. The lowest BCUT2D eigenvalue weighted by atomic mass is 10.0. The number of imidazole rings is 2. The number of nitrogen functional groups attached to an aromatic ring is 1. The highest BCUT2D eigenvalue weighted by molar-refractivity contribution is 5.75. The Kier molecular flexibility index (Phi) is 5.04. The standard InChI is InChI=1S/C13H21N11/c1-6-22-8(2-3-19-11(14)15)10(23-6)7(4-20-12(16)17)9-5-21-13(18)24-9/h2,5,7,22H,1,3-4H2,(H4,14,15,19)(H4,16,17,20)(H3,18,21,24)/p+2/b8-2-. The van der Waals surface area contributed by atoms with Crippen LogP contribution in [-0.4, -0.2) is 40.0 Å². The molecule has 128 valence electrons. The lowest BCUT2D eigenvalue weighted by Crippen LogP contribution is -2.77. The first-order chi connectivity index (χ1) is 11.4. The van der Waals surface area contributed by atoms with Crippen molar-refractivity contribution in [3.8, 4) is 0 Å². The van der Waals surface area contributed by atoms with Gasteiger partial charge in [-0.2, -0.15) is 0 Å². The van der Waals surface area contributed by atoms with Crippen molar-refractivity contribution in [2.24, 2.45) is 27.9 Å².